The molecule has 1 aromatic carbocycles. The molecule has 0 saturated heterocycles. The van der Waals surface area contributed by atoms with Gasteiger partial charge in [0.1, 0.15) is 5.82 Å². The number of aryl methyl sites for hydroxylation is 1. The van der Waals surface area contributed by atoms with Gasteiger partial charge in [-0.05, 0) is 36.5 Å². The highest BCUT2D eigenvalue weighted by Gasteiger charge is 2.09. The Morgan fingerprint density at radius 2 is 2.06 bits per heavy atom. The molecule has 1 rings (SSSR count). The van der Waals surface area contributed by atoms with Gasteiger partial charge in [0.15, 0.2) is 0 Å². The van der Waals surface area contributed by atoms with Crippen LogP contribution in [0.4, 0.5) is 4.39 Å². The summed E-state index contributed by atoms with van der Waals surface area (Å²) in [5.74, 6) is 0.364. The number of rotatable bonds is 6. The molecule has 0 aliphatic rings. The lowest BCUT2D eigenvalue weighted by Gasteiger charge is -2.18. The standard InChI is InChI=1S/C14H22FNO/c1-10(2)6-13(9-17)16-8-12-5-4-11(3)14(15)7-12/h4-5,7,10,13,16-17H,6,8-9H2,1-3H3. The predicted octanol–water partition coefficient (Wildman–Crippen LogP) is 2.63. The molecule has 1 atom stereocenters. The van der Waals surface area contributed by atoms with E-state index in [4.69, 9.17) is 0 Å². The van der Waals surface area contributed by atoms with E-state index in [0.717, 1.165) is 12.0 Å². The lowest BCUT2D eigenvalue weighted by molar-refractivity contribution is 0.223. The summed E-state index contributed by atoms with van der Waals surface area (Å²) in [4.78, 5) is 0. The number of benzene rings is 1. The maximum Gasteiger partial charge on any atom is 0.126 e. The SMILES string of the molecule is Cc1ccc(CNC(CO)CC(C)C)cc1F. The van der Waals surface area contributed by atoms with Crippen LogP contribution >= 0.6 is 0 Å². The normalized spacial score (nSPS) is 13.1. The van der Waals surface area contributed by atoms with Crippen molar-refractivity contribution in [2.45, 2.75) is 39.8 Å². The Morgan fingerprint density at radius 3 is 2.59 bits per heavy atom. The van der Waals surface area contributed by atoms with Crippen LogP contribution in [0.25, 0.3) is 0 Å². The number of hydrogen-bond acceptors (Lipinski definition) is 2. The lowest BCUT2D eigenvalue weighted by atomic mass is 10.0. The van der Waals surface area contributed by atoms with Crippen LogP contribution in [0, 0.1) is 18.7 Å². The third kappa shape index (κ3) is 4.84. The molecule has 0 heterocycles. The number of nitrogens with one attached hydrogen (secondary N) is 1. The molecule has 0 bridgehead atoms. The van der Waals surface area contributed by atoms with Crippen molar-refractivity contribution >= 4 is 0 Å². The van der Waals surface area contributed by atoms with Crippen molar-refractivity contribution in [3.05, 3.63) is 35.1 Å². The Morgan fingerprint density at radius 1 is 1.35 bits per heavy atom. The van der Waals surface area contributed by atoms with Gasteiger partial charge in [-0.25, -0.2) is 4.39 Å². The maximum absolute atomic E-state index is 13.3. The lowest BCUT2D eigenvalue weighted by Crippen LogP contribution is -2.33. The number of aliphatic hydroxyl groups is 1. The Bertz CT molecular complexity index is 352. The average molecular weight is 239 g/mol. The van der Waals surface area contributed by atoms with Crippen LogP contribution in [0.2, 0.25) is 0 Å². The minimum Gasteiger partial charge on any atom is -0.395 e. The highest BCUT2D eigenvalue weighted by molar-refractivity contribution is 5.23. The highest BCUT2D eigenvalue weighted by Crippen LogP contribution is 2.10. The molecule has 0 aliphatic heterocycles. The molecule has 0 saturated carbocycles. The zero-order chi connectivity index (χ0) is 12.8. The maximum atomic E-state index is 13.3. The summed E-state index contributed by atoms with van der Waals surface area (Å²) in [7, 11) is 0. The fourth-order valence-electron chi connectivity index (χ4n) is 1.80. The van der Waals surface area contributed by atoms with Crippen LogP contribution in [0.15, 0.2) is 18.2 Å². The molecule has 17 heavy (non-hydrogen) atoms. The largest absolute Gasteiger partial charge is 0.395 e. The van der Waals surface area contributed by atoms with E-state index in [1.54, 1.807) is 19.1 Å². The van der Waals surface area contributed by atoms with E-state index < -0.39 is 0 Å². The van der Waals surface area contributed by atoms with Crippen LogP contribution in [0.1, 0.15) is 31.4 Å². The van der Waals surface area contributed by atoms with Crippen molar-refractivity contribution in [3.8, 4) is 0 Å². The summed E-state index contributed by atoms with van der Waals surface area (Å²) in [6.07, 6.45) is 0.921. The van der Waals surface area contributed by atoms with E-state index in [9.17, 15) is 9.50 Å². The Labute approximate surface area is 103 Å². The molecule has 0 amide bonds. The number of hydrogen-bond donors (Lipinski definition) is 2. The Balaban J connectivity index is 2.50. The molecular weight excluding hydrogens is 217 g/mol. The van der Waals surface area contributed by atoms with Crippen molar-refractivity contribution in [1.29, 1.82) is 0 Å². The summed E-state index contributed by atoms with van der Waals surface area (Å²) in [6.45, 7) is 6.70. The molecule has 1 unspecified atom stereocenters. The van der Waals surface area contributed by atoms with Crippen LogP contribution < -0.4 is 5.32 Å². The van der Waals surface area contributed by atoms with Gasteiger partial charge in [0.2, 0.25) is 0 Å². The van der Waals surface area contributed by atoms with Crippen LogP contribution in [-0.2, 0) is 6.54 Å². The molecule has 2 N–H and O–H groups in total. The van der Waals surface area contributed by atoms with Gasteiger partial charge in [-0.3, -0.25) is 0 Å². The minimum absolute atomic E-state index is 0.0827. The van der Waals surface area contributed by atoms with E-state index in [1.165, 1.54) is 0 Å². The molecule has 0 fully saturated rings. The Kier molecular flexibility index (Phi) is 5.59. The first-order chi connectivity index (χ1) is 8.02. The highest BCUT2D eigenvalue weighted by atomic mass is 19.1. The predicted molar refractivity (Wildman–Crippen MR) is 68.3 cm³/mol. The molecule has 0 aliphatic carbocycles. The number of aliphatic hydroxyl groups excluding tert-OH is 1. The molecule has 2 nitrogen and oxygen atoms in total. The summed E-state index contributed by atoms with van der Waals surface area (Å²) in [6, 6.07) is 5.32. The van der Waals surface area contributed by atoms with E-state index in [2.05, 4.69) is 19.2 Å². The molecule has 0 radical (unpaired) electrons. The first-order valence-corrected chi connectivity index (χ1v) is 6.12. The van der Waals surface area contributed by atoms with Gasteiger partial charge < -0.3 is 10.4 Å². The van der Waals surface area contributed by atoms with E-state index >= 15 is 0 Å². The van der Waals surface area contributed by atoms with Gasteiger partial charge in [0.05, 0.1) is 6.61 Å². The van der Waals surface area contributed by atoms with E-state index in [0.29, 0.717) is 18.0 Å². The van der Waals surface area contributed by atoms with E-state index in [-0.39, 0.29) is 18.5 Å². The minimum atomic E-state index is -0.172. The molecule has 0 aromatic heterocycles. The fourth-order valence-corrected chi connectivity index (χ4v) is 1.80. The molecule has 3 heteroatoms. The van der Waals surface area contributed by atoms with Gasteiger partial charge in [-0.2, -0.15) is 0 Å². The fraction of sp³-hybridized carbons (Fsp3) is 0.571. The molecule has 96 valence electrons. The van der Waals surface area contributed by atoms with Crippen molar-refractivity contribution in [2.75, 3.05) is 6.61 Å². The third-order valence-corrected chi connectivity index (χ3v) is 2.81. The summed E-state index contributed by atoms with van der Waals surface area (Å²) in [5, 5.41) is 12.5. The second-order valence-electron chi connectivity index (χ2n) is 4.97. The zero-order valence-electron chi connectivity index (χ0n) is 10.8. The average Bonchev–Trinajstić information content (AvgIpc) is 2.28. The van der Waals surface area contributed by atoms with E-state index in [1.807, 2.05) is 6.07 Å². The number of halogens is 1. The van der Waals surface area contributed by atoms with Crippen LogP contribution in [0.5, 0.6) is 0 Å². The third-order valence-electron chi connectivity index (χ3n) is 2.81. The van der Waals surface area contributed by atoms with Crippen molar-refractivity contribution in [3.63, 3.8) is 0 Å². The summed E-state index contributed by atoms with van der Waals surface area (Å²) >= 11 is 0. The topological polar surface area (TPSA) is 32.3 Å². The van der Waals surface area contributed by atoms with Crippen LogP contribution in [-0.4, -0.2) is 17.8 Å². The van der Waals surface area contributed by atoms with Crippen molar-refractivity contribution in [1.82, 2.24) is 5.32 Å². The zero-order valence-corrected chi connectivity index (χ0v) is 10.8. The Hall–Kier alpha value is -0.930. The second kappa shape index (κ2) is 6.72. The van der Waals surface area contributed by atoms with Gasteiger partial charge in [-0.15, -0.1) is 0 Å². The smallest absolute Gasteiger partial charge is 0.126 e. The summed E-state index contributed by atoms with van der Waals surface area (Å²) < 4.78 is 13.3. The molecule has 1 aromatic rings. The first kappa shape index (κ1) is 14.1. The van der Waals surface area contributed by atoms with Gasteiger partial charge in [0, 0.05) is 12.6 Å². The quantitative estimate of drug-likeness (QED) is 0.800. The first-order valence-electron chi connectivity index (χ1n) is 6.12. The van der Waals surface area contributed by atoms with Gasteiger partial charge in [0.25, 0.3) is 0 Å². The monoisotopic (exact) mass is 239 g/mol. The van der Waals surface area contributed by atoms with Crippen molar-refractivity contribution in [2.24, 2.45) is 5.92 Å². The van der Waals surface area contributed by atoms with Crippen molar-refractivity contribution < 1.29 is 9.50 Å². The van der Waals surface area contributed by atoms with Gasteiger partial charge >= 0.3 is 0 Å². The van der Waals surface area contributed by atoms with Crippen LogP contribution in [0.3, 0.4) is 0 Å². The summed E-state index contributed by atoms with van der Waals surface area (Å²) in [5.41, 5.74) is 1.57. The second-order valence-corrected chi connectivity index (χ2v) is 4.97. The molecular formula is C14H22FNO. The molecule has 0 spiro atoms. The van der Waals surface area contributed by atoms with Gasteiger partial charge in [-0.1, -0.05) is 26.0 Å².